The first-order valence-corrected chi connectivity index (χ1v) is 7.79. The van der Waals surface area contributed by atoms with Gasteiger partial charge in [-0.15, -0.1) is 0 Å². The molecule has 2 nitrogen and oxygen atoms in total. The maximum atomic E-state index is 3.53. The number of nitrogens with zero attached hydrogens (tertiary/aromatic N) is 1. The Balaban J connectivity index is 1.70. The van der Waals surface area contributed by atoms with E-state index in [1.54, 1.807) is 0 Å². The van der Waals surface area contributed by atoms with Crippen LogP contribution in [0.3, 0.4) is 0 Å². The van der Waals surface area contributed by atoms with Gasteiger partial charge in [0, 0.05) is 18.8 Å². The lowest BCUT2D eigenvalue weighted by Gasteiger charge is -2.26. The van der Waals surface area contributed by atoms with Gasteiger partial charge in [0.1, 0.15) is 0 Å². The summed E-state index contributed by atoms with van der Waals surface area (Å²) in [6.45, 7) is 9.34. The molecule has 0 aromatic heterocycles. The van der Waals surface area contributed by atoms with E-state index in [1.165, 1.54) is 56.6 Å². The summed E-state index contributed by atoms with van der Waals surface area (Å²) in [6.07, 6.45) is 5.35. The van der Waals surface area contributed by atoms with Crippen LogP contribution in [-0.2, 0) is 6.42 Å². The minimum absolute atomic E-state index is 0.734. The molecule has 0 unspecified atom stereocenters. The normalized spacial score (nSPS) is 16.8. The fraction of sp³-hybridized carbons (Fsp3) is 0.647. The fourth-order valence-corrected chi connectivity index (χ4v) is 2.77. The van der Waals surface area contributed by atoms with Crippen molar-refractivity contribution in [3.8, 4) is 0 Å². The third-order valence-electron chi connectivity index (χ3n) is 3.80. The van der Waals surface area contributed by atoms with Crippen LogP contribution < -0.4 is 5.32 Å². The standard InChI is InChI=1S/C17H28N2/c1-15(2)14-16-6-8-17(9-7-16)18-10-13-19-11-4-3-5-12-19/h6-9,15,18H,3-5,10-14H2,1-2H3. The van der Waals surface area contributed by atoms with Gasteiger partial charge in [0.15, 0.2) is 0 Å². The Hall–Kier alpha value is -1.02. The molecule has 1 heterocycles. The summed E-state index contributed by atoms with van der Waals surface area (Å²) in [5, 5.41) is 3.53. The van der Waals surface area contributed by atoms with Crippen LogP contribution in [0.1, 0.15) is 38.7 Å². The lowest BCUT2D eigenvalue weighted by Crippen LogP contribution is -2.33. The molecule has 1 aliphatic rings. The first-order valence-electron chi connectivity index (χ1n) is 7.79. The van der Waals surface area contributed by atoms with Crippen molar-refractivity contribution in [3.05, 3.63) is 29.8 Å². The summed E-state index contributed by atoms with van der Waals surface area (Å²) in [5.41, 5.74) is 2.70. The van der Waals surface area contributed by atoms with Gasteiger partial charge in [-0.1, -0.05) is 32.4 Å². The summed E-state index contributed by atoms with van der Waals surface area (Å²) in [4.78, 5) is 2.57. The predicted octanol–water partition coefficient (Wildman–Crippen LogP) is 3.78. The topological polar surface area (TPSA) is 15.3 Å². The summed E-state index contributed by atoms with van der Waals surface area (Å²) < 4.78 is 0. The minimum Gasteiger partial charge on any atom is -0.384 e. The highest BCUT2D eigenvalue weighted by molar-refractivity contribution is 5.44. The Labute approximate surface area is 118 Å². The molecule has 0 saturated carbocycles. The molecule has 1 aliphatic heterocycles. The van der Waals surface area contributed by atoms with Crippen molar-refractivity contribution in [3.63, 3.8) is 0 Å². The molecule has 0 amide bonds. The lowest BCUT2D eigenvalue weighted by atomic mass is 10.0. The second-order valence-corrected chi connectivity index (χ2v) is 6.12. The fourth-order valence-electron chi connectivity index (χ4n) is 2.77. The molecule has 0 radical (unpaired) electrons. The largest absolute Gasteiger partial charge is 0.384 e. The van der Waals surface area contributed by atoms with Gasteiger partial charge < -0.3 is 10.2 Å². The summed E-state index contributed by atoms with van der Waals surface area (Å²) in [5.74, 6) is 0.734. The molecule has 0 bridgehead atoms. The Morgan fingerprint density at radius 1 is 1.05 bits per heavy atom. The second-order valence-electron chi connectivity index (χ2n) is 6.12. The molecule has 1 N–H and O–H groups in total. The molecule has 1 saturated heterocycles. The third-order valence-corrected chi connectivity index (χ3v) is 3.80. The van der Waals surface area contributed by atoms with Crippen LogP contribution in [0.2, 0.25) is 0 Å². The number of rotatable bonds is 6. The SMILES string of the molecule is CC(C)Cc1ccc(NCCN2CCCCC2)cc1. The van der Waals surface area contributed by atoms with E-state index >= 15 is 0 Å². The van der Waals surface area contributed by atoms with Crippen molar-refractivity contribution < 1.29 is 0 Å². The summed E-state index contributed by atoms with van der Waals surface area (Å²) in [6, 6.07) is 8.94. The molecule has 0 spiro atoms. The Kier molecular flexibility index (Phi) is 5.71. The van der Waals surface area contributed by atoms with Gasteiger partial charge >= 0.3 is 0 Å². The molecule has 106 valence electrons. The number of benzene rings is 1. The van der Waals surface area contributed by atoms with Crippen LogP contribution in [0, 0.1) is 5.92 Å². The van der Waals surface area contributed by atoms with Gasteiger partial charge in [0.2, 0.25) is 0 Å². The van der Waals surface area contributed by atoms with E-state index < -0.39 is 0 Å². The third kappa shape index (κ3) is 5.23. The Bertz CT molecular complexity index is 350. The van der Waals surface area contributed by atoms with Gasteiger partial charge in [-0.2, -0.15) is 0 Å². The molecular weight excluding hydrogens is 232 g/mol. The van der Waals surface area contributed by atoms with E-state index in [1.807, 2.05) is 0 Å². The summed E-state index contributed by atoms with van der Waals surface area (Å²) in [7, 11) is 0. The number of anilines is 1. The monoisotopic (exact) mass is 260 g/mol. The van der Waals surface area contributed by atoms with Crippen LogP contribution in [0.4, 0.5) is 5.69 Å². The average Bonchev–Trinajstić information content (AvgIpc) is 2.41. The average molecular weight is 260 g/mol. The van der Waals surface area contributed by atoms with Crippen molar-refractivity contribution in [2.45, 2.75) is 39.5 Å². The number of likely N-dealkylation sites (tertiary alicyclic amines) is 1. The highest BCUT2D eigenvalue weighted by Crippen LogP contribution is 2.13. The lowest BCUT2D eigenvalue weighted by molar-refractivity contribution is 0.237. The van der Waals surface area contributed by atoms with Gasteiger partial charge in [-0.05, 0) is 56.0 Å². The van der Waals surface area contributed by atoms with Gasteiger partial charge in [0.05, 0.1) is 0 Å². The van der Waals surface area contributed by atoms with E-state index in [-0.39, 0.29) is 0 Å². The zero-order chi connectivity index (χ0) is 13.5. The second kappa shape index (κ2) is 7.54. The number of piperidine rings is 1. The van der Waals surface area contributed by atoms with E-state index in [0.717, 1.165) is 12.5 Å². The summed E-state index contributed by atoms with van der Waals surface area (Å²) >= 11 is 0. The van der Waals surface area contributed by atoms with Crippen molar-refractivity contribution in [1.29, 1.82) is 0 Å². The quantitative estimate of drug-likeness (QED) is 0.837. The molecular formula is C17H28N2. The van der Waals surface area contributed by atoms with E-state index in [9.17, 15) is 0 Å². The predicted molar refractivity (Wildman–Crippen MR) is 83.8 cm³/mol. The van der Waals surface area contributed by atoms with Crippen LogP contribution in [0.15, 0.2) is 24.3 Å². The zero-order valence-electron chi connectivity index (χ0n) is 12.5. The molecule has 2 heteroatoms. The molecule has 19 heavy (non-hydrogen) atoms. The maximum absolute atomic E-state index is 3.53. The van der Waals surface area contributed by atoms with Gasteiger partial charge in [-0.3, -0.25) is 0 Å². The van der Waals surface area contributed by atoms with Crippen LogP contribution in [0.25, 0.3) is 0 Å². The molecule has 1 aromatic carbocycles. The molecule has 0 atom stereocenters. The van der Waals surface area contributed by atoms with Crippen molar-refractivity contribution >= 4 is 5.69 Å². The maximum Gasteiger partial charge on any atom is 0.0340 e. The van der Waals surface area contributed by atoms with Crippen LogP contribution in [-0.4, -0.2) is 31.1 Å². The Morgan fingerprint density at radius 2 is 1.74 bits per heavy atom. The first-order chi connectivity index (χ1) is 9.24. The smallest absolute Gasteiger partial charge is 0.0340 e. The van der Waals surface area contributed by atoms with Crippen molar-refractivity contribution in [1.82, 2.24) is 4.90 Å². The number of hydrogen-bond acceptors (Lipinski definition) is 2. The number of hydrogen-bond donors (Lipinski definition) is 1. The van der Waals surface area contributed by atoms with Crippen LogP contribution in [0.5, 0.6) is 0 Å². The molecule has 1 aromatic rings. The van der Waals surface area contributed by atoms with Gasteiger partial charge in [0.25, 0.3) is 0 Å². The minimum atomic E-state index is 0.734. The highest BCUT2D eigenvalue weighted by atomic mass is 15.1. The van der Waals surface area contributed by atoms with E-state index in [4.69, 9.17) is 0 Å². The number of nitrogens with one attached hydrogen (secondary N) is 1. The first kappa shape index (κ1) is 14.4. The molecule has 0 aliphatic carbocycles. The molecule has 1 fully saturated rings. The van der Waals surface area contributed by atoms with Crippen LogP contribution >= 0.6 is 0 Å². The van der Waals surface area contributed by atoms with Gasteiger partial charge in [-0.25, -0.2) is 0 Å². The Morgan fingerprint density at radius 3 is 2.37 bits per heavy atom. The highest BCUT2D eigenvalue weighted by Gasteiger charge is 2.08. The van der Waals surface area contributed by atoms with Crippen molar-refractivity contribution in [2.75, 3.05) is 31.5 Å². The zero-order valence-corrected chi connectivity index (χ0v) is 12.5. The van der Waals surface area contributed by atoms with E-state index in [2.05, 4.69) is 48.3 Å². The van der Waals surface area contributed by atoms with Crippen molar-refractivity contribution in [2.24, 2.45) is 5.92 Å². The molecule has 2 rings (SSSR count). The van der Waals surface area contributed by atoms with E-state index in [0.29, 0.717) is 0 Å².